The van der Waals surface area contributed by atoms with Gasteiger partial charge in [0.1, 0.15) is 24.8 Å². The Hall–Kier alpha value is -2.48. The first-order valence-corrected chi connectivity index (χ1v) is 7.21. The molecule has 0 saturated heterocycles. The third kappa shape index (κ3) is 4.81. The number of thiazole rings is 1. The van der Waals surface area contributed by atoms with E-state index in [1.807, 2.05) is 0 Å². The Labute approximate surface area is 129 Å². The van der Waals surface area contributed by atoms with Crippen LogP contribution in [0.1, 0.15) is 17.4 Å². The Morgan fingerprint density at radius 2 is 2.00 bits per heavy atom. The monoisotopic (exact) mass is 324 g/mol. The van der Waals surface area contributed by atoms with Gasteiger partial charge in [0, 0.05) is 12.3 Å². The van der Waals surface area contributed by atoms with Gasteiger partial charge in [-0.05, 0) is 24.3 Å². The van der Waals surface area contributed by atoms with Gasteiger partial charge in [0.2, 0.25) is 5.91 Å². The highest BCUT2D eigenvalue weighted by Crippen LogP contribution is 2.16. The van der Waals surface area contributed by atoms with Gasteiger partial charge in [0.15, 0.2) is 10.8 Å². The van der Waals surface area contributed by atoms with Gasteiger partial charge < -0.3 is 14.8 Å². The van der Waals surface area contributed by atoms with E-state index in [-0.39, 0.29) is 30.6 Å². The second kappa shape index (κ2) is 7.51. The summed E-state index contributed by atoms with van der Waals surface area (Å²) < 4.78 is 23.0. The number of nitrogens with zero attached hydrogens (tertiary/aromatic N) is 1. The van der Waals surface area contributed by atoms with Crippen molar-refractivity contribution in [1.29, 1.82) is 0 Å². The Bertz CT molecular complexity index is 657. The zero-order valence-corrected chi connectivity index (χ0v) is 12.5. The fourth-order valence-corrected chi connectivity index (χ4v) is 2.20. The van der Waals surface area contributed by atoms with Crippen LogP contribution in [0.4, 0.5) is 9.52 Å². The maximum absolute atomic E-state index is 12.7. The van der Waals surface area contributed by atoms with Crippen LogP contribution in [-0.2, 0) is 9.53 Å². The lowest BCUT2D eigenvalue weighted by Crippen LogP contribution is -2.13. The maximum atomic E-state index is 12.7. The molecule has 0 radical (unpaired) electrons. The summed E-state index contributed by atoms with van der Waals surface area (Å²) in [6.45, 7) is 1.52. The van der Waals surface area contributed by atoms with Crippen molar-refractivity contribution in [2.24, 2.45) is 0 Å². The molecular weight excluding hydrogens is 311 g/mol. The maximum Gasteiger partial charge on any atom is 0.358 e. The zero-order valence-electron chi connectivity index (χ0n) is 11.7. The summed E-state index contributed by atoms with van der Waals surface area (Å²) in [5.41, 5.74) is 0.121. The third-order valence-corrected chi connectivity index (χ3v) is 3.15. The quantitative estimate of drug-likeness (QED) is 0.652. The lowest BCUT2D eigenvalue weighted by atomic mass is 10.3. The standard InChI is InChI=1S/C14H13FN2O4S/c1-9(18)16-14-17-12(8-22-14)13(19)21-7-6-20-11-4-2-10(15)3-5-11/h2-5,8H,6-7H2,1H3,(H,16,17,18). The number of carbonyl (C=O) groups is 2. The Morgan fingerprint density at radius 1 is 1.27 bits per heavy atom. The molecule has 0 atom stereocenters. The Balaban J connectivity index is 1.74. The van der Waals surface area contributed by atoms with E-state index in [0.29, 0.717) is 10.9 Å². The van der Waals surface area contributed by atoms with Crippen LogP contribution in [0.5, 0.6) is 5.75 Å². The molecule has 0 fully saturated rings. The molecule has 1 aromatic heterocycles. The van der Waals surface area contributed by atoms with E-state index < -0.39 is 5.97 Å². The molecule has 2 aromatic rings. The van der Waals surface area contributed by atoms with Gasteiger partial charge in [-0.1, -0.05) is 0 Å². The predicted molar refractivity (Wildman–Crippen MR) is 78.6 cm³/mol. The number of aromatic nitrogens is 1. The number of rotatable bonds is 6. The van der Waals surface area contributed by atoms with Gasteiger partial charge in [-0.2, -0.15) is 0 Å². The van der Waals surface area contributed by atoms with Crippen molar-refractivity contribution in [3.63, 3.8) is 0 Å². The minimum absolute atomic E-state index is 0.0310. The number of esters is 1. The van der Waals surface area contributed by atoms with Crippen LogP contribution in [-0.4, -0.2) is 30.1 Å². The van der Waals surface area contributed by atoms with E-state index in [1.165, 1.54) is 36.6 Å². The number of nitrogens with one attached hydrogen (secondary N) is 1. The fourth-order valence-electron chi connectivity index (χ4n) is 1.47. The molecule has 0 spiro atoms. The number of benzene rings is 1. The number of hydrogen-bond donors (Lipinski definition) is 1. The minimum atomic E-state index is -0.601. The lowest BCUT2D eigenvalue weighted by molar-refractivity contribution is -0.114. The molecule has 6 nitrogen and oxygen atoms in total. The topological polar surface area (TPSA) is 77.5 Å². The van der Waals surface area contributed by atoms with E-state index in [4.69, 9.17) is 9.47 Å². The van der Waals surface area contributed by atoms with Crippen molar-refractivity contribution >= 4 is 28.3 Å². The lowest BCUT2D eigenvalue weighted by Gasteiger charge is -2.06. The summed E-state index contributed by atoms with van der Waals surface area (Å²) in [5.74, 6) is -0.728. The molecule has 1 heterocycles. The summed E-state index contributed by atoms with van der Waals surface area (Å²) in [6, 6.07) is 5.52. The molecule has 0 aliphatic rings. The van der Waals surface area contributed by atoms with Crippen molar-refractivity contribution in [2.45, 2.75) is 6.92 Å². The molecule has 1 aromatic carbocycles. The Kier molecular flexibility index (Phi) is 5.42. The van der Waals surface area contributed by atoms with Gasteiger partial charge in [-0.25, -0.2) is 14.2 Å². The van der Waals surface area contributed by atoms with Crippen LogP contribution in [0.25, 0.3) is 0 Å². The number of amides is 1. The summed E-state index contributed by atoms with van der Waals surface area (Å²) in [7, 11) is 0. The van der Waals surface area contributed by atoms with E-state index in [0.717, 1.165) is 11.3 Å². The average Bonchev–Trinajstić information content (AvgIpc) is 2.93. The van der Waals surface area contributed by atoms with Crippen molar-refractivity contribution in [2.75, 3.05) is 18.5 Å². The normalized spacial score (nSPS) is 10.1. The predicted octanol–water partition coefficient (Wildman–Crippen LogP) is 2.48. The number of hydrogen-bond acceptors (Lipinski definition) is 6. The molecule has 0 unspecified atom stereocenters. The molecule has 0 saturated carbocycles. The van der Waals surface area contributed by atoms with Crippen LogP contribution < -0.4 is 10.1 Å². The first kappa shape index (κ1) is 15.9. The van der Waals surface area contributed by atoms with Gasteiger partial charge in [-0.15, -0.1) is 11.3 Å². The minimum Gasteiger partial charge on any atom is -0.490 e. The van der Waals surface area contributed by atoms with Gasteiger partial charge >= 0.3 is 5.97 Å². The van der Waals surface area contributed by atoms with Crippen LogP contribution in [0.3, 0.4) is 0 Å². The molecular formula is C14H13FN2O4S. The van der Waals surface area contributed by atoms with Crippen LogP contribution >= 0.6 is 11.3 Å². The highest BCUT2D eigenvalue weighted by atomic mass is 32.1. The molecule has 22 heavy (non-hydrogen) atoms. The highest BCUT2D eigenvalue weighted by Gasteiger charge is 2.12. The molecule has 116 valence electrons. The summed E-state index contributed by atoms with van der Waals surface area (Å²) in [6.07, 6.45) is 0. The Morgan fingerprint density at radius 3 is 2.68 bits per heavy atom. The van der Waals surface area contributed by atoms with E-state index in [9.17, 15) is 14.0 Å². The van der Waals surface area contributed by atoms with Crippen LogP contribution in [0, 0.1) is 5.82 Å². The first-order chi connectivity index (χ1) is 10.5. The summed E-state index contributed by atoms with van der Waals surface area (Å²) in [4.78, 5) is 26.5. The second-order valence-electron chi connectivity index (χ2n) is 4.16. The van der Waals surface area contributed by atoms with E-state index in [1.54, 1.807) is 0 Å². The number of halogens is 1. The first-order valence-electron chi connectivity index (χ1n) is 6.33. The van der Waals surface area contributed by atoms with Crippen LogP contribution in [0.15, 0.2) is 29.6 Å². The van der Waals surface area contributed by atoms with Crippen molar-refractivity contribution in [3.8, 4) is 5.75 Å². The molecule has 1 amide bonds. The molecule has 0 aliphatic carbocycles. The summed E-state index contributed by atoms with van der Waals surface area (Å²) >= 11 is 1.13. The fraction of sp³-hybridized carbons (Fsp3) is 0.214. The van der Waals surface area contributed by atoms with E-state index >= 15 is 0 Å². The van der Waals surface area contributed by atoms with Crippen molar-refractivity contribution in [3.05, 3.63) is 41.2 Å². The van der Waals surface area contributed by atoms with Gasteiger partial charge in [-0.3, -0.25) is 4.79 Å². The number of carbonyl (C=O) groups excluding carboxylic acids is 2. The molecule has 0 bridgehead atoms. The zero-order chi connectivity index (χ0) is 15.9. The van der Waals surface area contributed by atoms with Crippen LogP contribution in [0.2, 0.25) is 0 Å². The molecule has 0 aliphatic heterocycles. The SMILES string of the molecule is CC(=O)Nc1nc(C(=O)OCCOc2ccc(F)cc2)cs1. The van der Waals surface area contributed by atoms with Gasteiger partial charge in [0.25, 0.3) is 0 Å². The van der Waals surface area contributed by atoms with Crippen molar-refractivity contribution < 1.29 is 23.5 Å². The average molecular weight is 324 g/mol. The third-order valence-electron chi connectivity index (χ3n) is 2.40. The summed E-state index contributed by atoms with van der Waals surface area (Å²) in [5, 5.41) is 4.31. The van der Waals surface area contributed by atoms with Crippen molar-refractivity contribution in [1.82, 2.24) is 4.98 Å². The van der Waals surface area contributed by atoms with Gasteiger partial charge in [0.05, 0.1) is 0 Å². The highest BCUT2D eigenvalue weighted by molar-refractivity contribution is 7.14. The smallest absolute Gasteiger partial charge is 0.358 e. The number of ether oxygens (including phenoxy) is 2. The molecule has 1 N–H and O–H groups in total. The molecule has 8 heteroatoms. The van der Waals surface area contributed by atoms with E-state index in [2.05, 4.69) is 10.3 Å². The second-order valence-corrected chi connectivity index (χ2v) is 5.02. The molecule has 2 rings (SSSR count). The number of anilines is 1. The largest absolute Gasteiger partial charge is 0.490 e.